The summed E-state index contributed by atoms with van der Waals surface area (Å²) in [5, 5.41) is 16.6. The van der Waals surface area contributed by atoms with Crippen molar-refractivity contribution in [2.24, 2.45) is 23.4 Å². The molecular weight excluding hydrogens is 254 g/mol. The number of nitrogens with zero attached hydrogens (tertiary/aromatic N) is 4. The van der Waals surface area contributed by atoms with Crippen LogP contribution in [0.4, 0.5) is 5.82 Å². The number of hydrogen-bond acceptors (Lipinski definition) is 4. The average molecular weight is 279 g/mol. The molecule has 6 nitrogen and oxygen atoms in total. The minimum absolute atomic E-state index is 0.133. The van der Waals surface area contributed by atoms with Crippen LogP contribution in [0.15, 0.2) is 5.16 Å². The lowest BCUT2D eigenvalue weighted by atomic mass is 9.85. The van der Waals surface area contributed by atoms with E-state index in [-0.39, 0.29) is 5.84 Å². The lowest BCUT2D eigenvalue weighted by Gasteiger charge is -2.25. The molecule has 0 spiro atoms. The van der Waals surface area contributed by atoms with Gasteiger partial charge in [0.2, 0.25) is 0 Å². The largest absolute Gasteiger partial charge is 0.409 e. The number of rotatable bonds is 2. The smallest absolute Gasteiger partial charge is 0.175 e. The fourth-order valence-corrected chi connectivity index (χ4v) is 2.99. The molecule has 0 atom stereocenters. The Labute approximate surface area is 120 Å². The van der Waals surface area contributed by atoms with Crippen LogP contribution in [0.1, 0.15) is 44.4 Å². The van der Waals surface area contributed by atoms with Gasteiger partial charge in [0.05, 0.1) is 11.3 Å². The molecule has 0 saturated carbocycles. The average Bonchev–Trinajstić information content (AvgIpc) is 2.55. The van der Waals surface area contributed by atoms with Gasteiger partial charge in [-0.1, -0.05) is 19.0 Å². The molecule has 0 unspecified atom stereocenters. The van der Waals surface area contributed by atoms with Crippen molar-refractivity contribution in [2.45, 2.75) is 40.0 Å². The molecule has 0 aromatic carbocycles. The van der Waals surface area contributed by atoms with E-state index in [4.69, 9.17) is 10.9 Å². The van der Waals surface area contributed by atoms with E-state index in [2.05, 4.69) is 29.0 Å². The summed E-state index contributed by atoms with van der Waals surface area (Å²) in [7, 11) is 1.91. The summed E-state index contributed by atoms with van der Waals surface area (Å²) >= 11 is 0. The van der Waals surface area contributed by atoms with E-state index in [0.29, 0.717) is 5.41 Å². The van der Waals surface area contributed by atoms with E-state index in [1.54, 1.807) is 0 Å². The van der Waals surface area contributed by atoms with Crippen LogP contribution in [0.2, 0.25) is 0 Å². The minimum atomic E-state index is 0.133. The van der Waals surface area contributed by atoms with Crippen LogP contribution in [0.5, 0.6) is 0 Å². The van der Waals surface area contributed by atoms with Crippen LogP contribution in [0.3, 0.4) is 0 Å². The summed E-state index contributed by atoms with van der Waals surface area (Å²) in [4.78, 5) is 2.31. The van der Waals surface area contributed by atoms with E-state index < -0.39 is 0 Å². The van der Waals surface area contributed by atoms with Crippen LogP contribution >= 0.6 is 0 Å². The third-order valence-electron chi connectivity index (χ3n) is 4.20. The highest BCUT2D eigenvalue weighted by atomic mass is 16.4. The number of nitrogens with two attached hydrogens (primary N) is 1. The zero-order valence-electron chi connectivity index (χ0n) is 12.8. The van der Waals surface area contributed by atoms with Gasteiger partial charge in [0.1, 0.15) is 5.82 Å². The van der Waals surface area contributed by atoms with Crippen molar-refractivity contribution in [3.63, 3.8) is 0 Å². The zero-order valence-corrected chi connectivity index (χ0v) is 12.8. The molecule has 0 radical (unpaired) electrons. The Morgan fingerprint density at radius 1 is 1.35 bits per heavy atom. The Hall–Kier alpha value is -1.72. The van der Waals surface area contributed by atoms with Gasteiger partial charge >= 0.3 is 0 Å². The molecule has 20 heavy (non-hydrogen) atoms. The van der Waals surface area contributed by atoms with Gasteiger partial charge in [-0.2, -0.15) is 5.10 Å². The molecule has 1 aromatic heterocycles. The molecule has 0 amide bonds. The molecule has 2 rings (SSSR count). The van der Waals surface area contributed by atoms with E-state index in [1.165, 1.54) is 6.42 Å². The number of amidine groups is 1. The highest BCUT2D eigenvalue weighted by Crippen LogP contribution is 2.33. The molecular formula is C14H25N5O. The number of aromatic nitrogens is 2. The quantitative estimate of drug-likeness (QED) is 0.375. The van der Waals surface area contributed by atoms with Crippen molar-refractivity contribution in [3.05, 3.63) is 11.3 Å². The molecule has 6 heteroatoms. The van der Waals surface area contributed by atoms with Gasteiger partial charge < -0.3 is 15.8 Å². The number of hydrogen-bond donors (Lipinski definition) is 2. The SMILES string of the molecule is Cc1nn(C)c(N2CCCC(C)(C)CC2)c1C(N)=NO. The fraction of sp³-hybridized carbons (Fsp3) is 0.714. The van der Waals surface area contributed by atoms with Gasteiger partial charge in [0.25, 0.3) is 0 Å². The summed E-state index contributed by atoms with van der Waals surface area (Å²) in [6.45, 7) is 8.47. The maximum Gasteiger partial charge on any atom is 0.175 e. The summed E-state index contributed by atoms with van der Waals surface area (Å²) in [5.41, 5.74) is 7.74. The first-order chi connectivity index (χ1) is 9.35. The van der Waals surface area contributed by atoms with E-state index >= 15 is 0 Å². The Morgan fingerprint density at radius 3 is 2.70 bits per heavy atom. The molecule has 0 aliphatic carbocycles. The zero-order chi connectivity index (χ0) is 14.9. The van der Waals surface area contributed by atoms with Crippen molar-refractivity contribution in [1.29, 1.82) is 0 Å². The van der Waals surface area contributed by atoms with Crippen LogP contribution in [-0.4, -0.2) is 33.9 Å². The topological polar surface area (TPSA) is 79.7 Å². The van der Waals surface area contributed by atoms with Crippen molar-refractivity contribution in [1.82, 2.24) is 9.78 Å². The third kappa shape index (κ3) is 2.73. The van der Waals surface area contributed by atoms with Crippen molar-refractivity contribution in [3.8, 4) is 0 Å². The molecule has 1 aromatic rings. The van der Waals surface area contributed by atoms with Crippen molar-refractivity contribution >= 4 is 11.7 Å². The maximum atomic E-state index is 8.99. The lowest BCUT2D eigenvalue weighted by molar-refractivity contribution is 0.318. The first kappa shape index (κ1) is 14.7. The lowest BCUT2D eigenvalue weighted by Crippen LogP contribution is -2.29. The fourth-order valence-electron chi connectivity index (χ4n) is 2.99. The first-order valence-corrected chi connectivity index (χ1v) is 7.12. The van der Waals surface area contributed by atoms with Crippen molar-refractivity contribution in [2.75, 3.05) is 18.0 Å². The molecule has 3 N–H and O–H groups in total. The minimum Gasteiger partial charge on any atom is -0.409 e. The standard InChI is InChI=1S/C14H25N5O/c1-10-11(12(15)17-20)13(18(4)16-10)19-8-5-6-14(2,3)7-9-19/h20H,5-9H2,1-4H3,(H2,15,17). The Bertz CT molecular complexity index is 518. The van der Waals surface area contributed by atoms with Gasteiger partial charge in [0.15, 0.2) is 5.84 Å². The Balaban J connectivity index is 2.37. The van der Waals surface area contributed by atoms with Crippen molar-refractivity contribution < 1.29 is 5.21 Å². The van der Waals surface area contributed by atoms with Crippen LogP contribution in [0, 0.1) is 12.3 Å². The molecule has 1 saturated heterocycles. The first-order valence-electron chi connectivity index (χ1n) is 7.12. The maximum absolute atomic E-state index is 8.99. The monoisotopic (exact) mass is 279 g/mol. The molecule has 2 heterocycles. The molecule has 1 aliphatic rings. The normalized spacial score (nSPS) is 20.0. The predicted molar refractivity (Wildman–Crippen MR) is 80.3 cm³/mol. The second-order valence-corrected chi connectivity index (χ2v) is 6.40. The molecule has 0 bridgehead atoms. The van der Waals surface area contributed by atoms with Gasteiger partial charge in [-0.25, -0.2) is 0 Å². The molecule has 1 aliphatic heterocycles. The predicted octanol–water partition coefficient (Wildman–Crippen LogP) is 1.84. The Morgan fingerprint density at radius 2 is 2.05 bits per heavy atom. The number of anilines is 1. The molecule has 112 valence electrons. The van der Waals surface area contributed by atoms with Crippen LogP contribution in [-0.2, 0) is 7.05 Å². The Kier molecular flexibility index (Phi) is 3.92. The van der Waals surface area contributed by atoms with E-state index in [1.807, 2.05) is 18.7 Å². The highest BCUT2D eigenvalue weighted by molar-refractivity contribution is 6.02. The number of oxime groups is 1. The summed E-state index contributed by atoms with van der Waals surface area (Å²) in [6, 6.07) is 0. The van der Waals surface area contributed by atoms with Crippen LogP contribution < -0.4 is 10.6 Å². The summed E-state index contributed by atoms with van der Waals surface area (Å²) in [5.74, 6) is 1.09. The third-order valence-corrected chi connectivity index (χ3v) is 4.20. The summed E-state index contributed by atoms with van der Waals surface area (Å²) in [6.07, 6.45) is 3.50. The number of aryl methyl sites for hydroxylation is 2. The molecule has 1 fully saturated rings. The second-order valence-electron chi connectivity index (χ2n) is 6.40. The second kappa shape index (κ2) is 5.34. The van der Waals surface area contributed by atoms with E-state index in [9.17, 15) is 0 Å². The van der Waals surface area contributed by atoms with Gasteiger partial charge in [0, 0.05) is 20.1 Å². The van der Waals surface area contributed by atoms with Gasteiger partial charge in [-0.15, -0.1) is 0 Å². The highest BCUT2D eigenvalue weighted by Gasteiger charge is 2.27. The van der Waals surface area contributed by atoms with Gasteiger partial charge in [-0.05, 0) is 31.6 Å². The van der Waals surface area contributed by atoms with Gasteiger partial charge in [-0.3, -0.25) is 4.68 Å². The van der Waals surface area contributed by atoms with Crippen LogP contribution in [0.25, 0.3) is 0 Å². The summed E-state index contributed by atoms with van der Waals surface area (Å²) < 4.78 is 1.83. The van der Waals surface area contributed by atoms with E-state index in [0.717, 1.165) is 43.0 Å².